The van der Waals surface area contributed by atoms with Crippen LogP contribution in [-0.4, -0.2) is 5.11 Å². The summed E-state index contributed by atoms with van der Waals surface area (Å²) in [5, 5.41) is 10.3. The Morgan fingerprint density at radius 1 is 1.06 bits per heavy atom. The maximum Gasteiger partial charge on any atom is 0.140 e. The van der Waals surface area contributed by atoms with Gasteiger partial charge < -0.3 is 9.52 Å². The van der Waals surface area contributed by atoms with Crippen molar-refractivity contribution in [2.24, 2.45) is 5.41 Å². The van der Waals surface area contributed by atoms with E-state index in [2.05, 4.69) is 31.2 Å². The first-order valence-electron chi connectivity index (χ1n) is 6.22. The zero-order valence-corrected chi connectivity index (χ0v) is 11.4. The van der Waals surface area contributed by atoms with Crippen LogP contribution in [0.4, 0.5) is 0 Å². The van der Waals surface area contributed by atoms with E-state index < -0.39 is 6.10 Å². The van der Waals surface area contributed by atoms with Gasteiger partial charge in [-0.2, -0.15) is 0 Å². The molecule has 2 aromatic rings. The van der Waals surface area contributed by atoms with Gasteiger partial charge in [0.15, 0.2) is 0 Å². The minimum Gasteiger partial charge on any atom is -0.466 e. The van der Waals surface area contributed by atoms with Crippen molar-refractivity contribution in [1.82, 2.24) is 0 Å². The number of aliphatic hydroxyl groups is 1. The maximum atomic E-state index is 10.3. The molecule has 2 rings (SSSR count). The molecular weight excluding hydrogens is 224 g/mol. The van der Waals surface area contributed by atoms with Gasteiger partial charge in [-0.15, -0.1) is 0 Å². The van der Waals surface area contributed by atoms with Crippen molar-refractivity contribution in [3.63, 3.8) is 0 Å². The molecule has 0 aliphatic rings. The highest BCUT2D eigenvalue weighted by Crippen LogP contribution is 2.38. The molecule has 0 saturated carbocycles. The lowest BCUT2D eigenvalue weighted by atomic mass is 9.85. The fraction of sp³-hybridized carbons (Fsp3) is 0.375. The summed E-state index contributed by atoms with van der Waals surface area (Å²) < 4.78 is 5.49. The molecule has 2 heteroatoms. The maximum absolute atomic E-state index is 10.3. The van der Waals surface area contributed by atoms with Gasteiger partial charge in [-0.25, -0.2) is 0 Å². The summed E-state index contributed by atoms with van der Waals surface area (Å²) in [7, 11) is 0. The average molecular weight is 244 g/mol. The minimum absolute atomic E-state index is 0.239. The first-order valence-corrected chi connectivity index (χ1v) is 6.22. The Balaban J connectivity index is 2.42. The molecule has 2 nitrogen and oxygen atoms in total. The van der Waals surface area contributed by atoms with Crippen LogP contribution < -0.4 is 0 Å². The number of hydrogen-bond donors (Lipinski definition) is 1. The smallest absolute Gasteiger partial charge is 0.140 e. The van der Waals surface area contributed by atoms with E-state index in [4.69, 9.17) is 4.42 Å². The number of aliphatic hydroxyl groups excluding tert-OH is 1. The Labute approximate surface area is 108 Å². The van der Waals surface area contributed by atoms with Crippen LogP contribution in [0.1, 0.15) is 38.2 Å². The van der Waals surface area contributed by atoms with E-state index in [1.807, 2.05) is 26.8 Å². The molecule has 0 fully saturated rings. The van der Waals surface area contributed by atoms with Crippen LogP contribution >= 0.6 is 0 Å². The molecule has 0 radical (unpaired) electrons. The molecular formula is C16H20O2. The van der Waals surface area contributed by atoms with E-state index in [1.165, 1.54) is 5.56 Å². The van der Waals surface area contributed by atoms with Crippen molar-refractivity contribution in [3.05, 3.63) is 47.9 Å². The van der Waals surface area contributed by atoms with Crippen molar-refractivity contribution in [3.8, 4) is 11.1 Å². The first-order chi connectivity index (χ1) is 8.39. The van der Waals surface area contributed by atoms with Crippen LogP contribution in [0.3, 0.4) is 0 Å². The van der Waals surface area contributed by atoms with Crippen molar-refractivity contribution in [2.45, 2.75) is 33.8 Å². The van der Waals surface area contributed by atoms with Gasteiger partial charge in [0.05, 0.1) is 6.26 Å². The summed E-state index contributed by atoms with van der Waals surface area (Å²) in [5.74, 6) is 0.645. The SMILES string of the molecule is Cc1ccc(-c2ccoc2[C@@H](O)C(C)(C)C)cc1. The average Bonchev–Trinajstić information content (AvgIpc) is 2.76. The Hall–Kier alpha value is -1.54. The number of aryl methyl sites for hydroxylation is 1. The Morgan fingerprint density at radius 3 is 2.22 bits per heavy atom. The van der Waals surface area contributed by atoms with Crippen LogP contribution in [0.2, 0.25) is 0 Å². The van der Waals surface area contributed by atoms with Crippen molar-refractivity contribution in [1.29, 1.82) is 0 Å². The van der Waals surface area contributed by atoms with Crippen LogP contribution in [0.15, 0.2) is 41.0 Å². The van der Waals surface area contributed by atoms with Gasteiger partial charge in [0, 0.05) is 5.56 Å². The molecule has 0 unspecified atom stereocenters. The molecule has 1 aromatic carbocycles. The second kappa shape index (κ2) is 4.62. The van der Waals surface area contributed by atoms with E-state index in [1.54, 1.807) is 6.26 Å². The molecule has 0 spiro atoms. The fourth-order valence-electron chi connectivity index (χ4n) is 1.90. The largest absolute Gasteiger partial charge is 0.466 e. The highest BCUT2D eigenvalue weighted by atomic mass is 16.4. The topological polar surface area (TPSA) is 33.4 Å². The van der Waals surface area contributed by atoms with E-state index in [9.17, 15) is 5.11 Å². The quantitative estimate of drug-likeness (QED) is 0.852. The molecule has 0 aliphatic heterocycles. The van der Waals surface area contributed by atoms with Crippen LogP contribution in [-0.2, 0) is 0 Å². The molecule has 1 aromatic heterocycles. The van der Waals surface area contributed by atoms with E-state index in [-0.39, 0.29) is 5.41 Å². The first kappa shape index (κ1) is 12.9. The number of hydrogen-bond acceptors (Lipinski definition) is 2. The van der Waals surface area contributed by atoms with Gasteiger partial charge >= 0.3 is 0 Å². The van der Waals surface area contributed by atoms with Gasteiger partial charge in [0.1, 0.15) is 11.9 Å². The van der Waals surface area contributed by atoms with E-state index >= 15 is 0 Å². The second-order valence-corrected chi connectivity index (χ2v) is 5.83. The fourth-order valence-corrected chi connectivity index (χ4v) is 1.90. The molecule has 0 aliphatic carbocycles. The Bertz CT molecular complexity index is 515. The highest BCUT2D eigenvalue weighted by molar-refractivity contribution is 5.66. The van der Waals surface area contributed by atoms with Gasteiger partial charge in [-0.05, 0) is 24.0 Å². The summed E-state index contributed by atoms with van der Waals surface area (Å²) in [6, 6.07) is 10.2. The third kappa shape index (κ3) is 2.49. The molecule has 0 bridgehead atoms. The lowest BCUT2D eigenvalue weighted by molar-refractivity contribution is 0.0440. The summed E-state index contributed by atoms with van der Waals surface area (Å²) >= 11 is 0. The number of furan rings is 1. The van der Waals surface area contributed by atoms with Crippen molar-refractivity contribution in [2.75, 3.05) is 0 Å². The van der Waals surface area contributed by atoms with Crippen LogP contribution in [0.25, 0.3) is 11.1 Å². The van der Waals surface area contributed by atoms with Crippen molar-refractivity contribution >= 4 is 0 Å². The number of rotatable bonds is 2. The van der Waals surface area contributed by atoms with E-state index in [0.717, 1.165) is 11.1 Å². The lowest BCUT2D eigenvalue weighted by Gasteiger charge is -2.25. The van der Waals surface area contributed by atoms with Gasteiger partial charge in [0.25, 0.3) is 0 Å². The molecule has 1 atom stereocenters. The zero-order valence-electron chi connectivity index (χ0n) is 11.4. The predicted molar refractivity (Wildman–Crippen MR) is 73.3 cm³/mol. The molecule has 18 heavy (non-hydrogen) atoms. The molecule has 1 heterocycles. The lowest BCUT2D eigenvalue weighted by Crippen LogP contribution is -2.17. The molecule has 0 amide bonds. The molecule has 96 valence electrons. The summed E-state index contributed by atoms with van der Waals surface area (Å²) in [6.07, 6.45) is 1.03. The Morgan fingerprint density at radius 2 is 1.67 bits per heavy atom. The standard InChI is InChI=1S/C16H20O2/c1-11-5-7-12(8-6-11)13-9-10-18-14(13)15(17)16(2,3)4/h5-10,15,17H,1-4H3/t15-/m1/s1. The monoisotopic (exact) mass is 244 g/mol. The second-order valence-electron chi connectivity index (χ2n) is 5.83. The minimum atomic E-state index is -0.608. The summed E-state index contributed by atoms with van der Waals surface area (Å²) in [4.78, 5) is 0. The highest BCUT2D eigenvalue weighted by Gasteiger charge is 2.28. The van der Waals surface area contributed by atoms with E-state index in [0.29, 0.717) is 5.76 Å². The van der Waals surface area contributed by atoms with Gasteiger partial charge in [-0.3, -0.25) is 0 Å². The zero-order chi connectivity index (χ0) is 13.3. The number of benzene rings is 1. The van der Waals surface area contributed by atoms with Crippen LogP contribution in [0.5, 0.6) is 0 Å². The normalized spacial score (nSPS) is 13.6. The Kier molecular flexibility index (Phi) is 3.31. The van der Waals surface area contributed by atoms with Crippen molar-refractivity contribution < 1.29 is 9.52 Å². The van der Waals surface area contributed by atoms with Crippen LogP contribution in [0, 0.1) is 12.3 Å². The summed E-state index contributed by atoms with van der Waals surface area (Å²) in [6.45, 7) is 8.06. The summed E-state index contributed by atoms with van der Waals surface area (Å²) in [5.41, 5.74) is 3.03. The third-order valence-corrected chi connectivity index (χ3v) is 3.13. The molecule has 0 saturated heterocycles. The van der Waals surface area contributed by atoms with Gasteiger partial charge in [0.2, 0.25) is 0 Å². The molecule has 1 N–H and O–H groups in total. The predicted octanol–water partition coefficient (Wildman–Crippen LogP) is 4.33. The third-order valence-electron chi connectivity index (χ3n) is 3.13. The van der Waals surface area contributed by atoms with Gasteiger partial charge in [-0.1, -0.05) is 50.6 Å².